The van der Waals surface area contributed by atoms with Crippen LogP contribution in [0.4, 0.5) is 17.1 Å². The summed E-state index contributed by atoms with van der Waals surface area (Å²) < 4.78 is 0. The van der Waals surface area contributed by atoms with E-state index in [1.54, 1.807) is 0 Å². The van der Waals surface area contributed by atoms with E-state index in [9.17, 15) is 0 Å². The zero-order valence-corrected chi connectivity index (χ0v) is 25.5. The van der Waals surface area contributed by atoms with Crippen LogP contribution in [0.3, 0.4) is 0 Å². The van der Waals surface area contributed by atoms with E-state index in [0.29, 0.717) is 6.54 Å². The molecule has 2 aliphatic carbocycles. The molecule has 2 nitrogen and oxygen atoms in total. The van der Waals surface area contributed by atoms with E-state index in [-0.39, 0.29) is 10.8 Å². The molecule has 0 amide bonds. The van der Waals surface area contributed by atoms with Crippen LogP contribution in [0.15, 0.2) is 133 Å². The third kappa shape index (κ3) is 3.64. The highest BCUT2D eigenvalue weighted by Gasteiger charge is 2.49. The van der Waals surface area contributed by atoms with Crippen LogP contribution in [0.25, 0.3) is 38.7 Å². The fraction of sp³-hybridized carbons (Fsp3) is 0.143. The molecule has 2 N–H and O–H groups in total. The molecule has 1 atom stereocenters. The Balaban J connectivity index is 1.47. The lowest BCUT2D eigenvalue weighted by molar-refractivity contribution is 0.325. The second-order valence-corrected chi connectivity index (χ2v) is 12.8. The first-order chi connectivity index (χ1) is 21.4. The topological polar surface area (TPSA) is 29.3 Å². The first-order valence-corrected chi connectivity index (χ1v) is 15.6. The van der Waals surface area contributed by atoms with E-state index in [4.69, 9.17) is 5.73 Å². The molecule has 2 heteroatoms. The molecule has 6 aromatic carbocycles. The Morgan fingerprint density at radius 1 is 0.636 bits per heavy atom. The molecule has 0 heterocycles. The second-order valence-electron chi connectivity index (χ2n) is 12.8. The van der Waals surface area contributed by atoms with Crippen molar-refractivity contribution in [3.05, 3.63) is 156 Å². The average Bonchev–Trinajstić information content (AvgIpc) is 3.10. The molecule has 0 radical (unpaired) electrons. The molecule has 0 aliphatic heterocycles. The first-order valence-electron chi connectivity index (χ1n) is 15.6. The first kappa shape index (κ1) is 26.7. The van der Waals surface area contributed by atoms with E-state index in [2.05, 4.69) is 165 Å². The second kappa shape index (κ2) is 9.80. The van der Waals surface area contributed by atoms with Gasteiger partial charge >= 0.3 is 0 Å². The van der Waals surface area contributed by atoms with Crippen LogP contribution in [0, 0.1) is 6.92 Å². The summed E-state index contributed by atoms with van der Waals surface area (Å²) in [5.74, 6) is 0. The normalized spacial score (nSPS) is 19.2. The quantitative estimate of drug-likeness (QED) is 0.214. The van der Waals surface area contributed by atoms with Gasteiger partial charge in [-0.1, -0.05) is 129 Å². The Morgan fingerprint density at radius 3 is 2.20 bits per heavy atom. The number of nitrogens with two attached hydrogens (primary N) is 1. The minimum absolute atomic E-state index is 0.203. The average molecular weight is 569 g/mol. The van der Waals surface area contributed by atoms with E-state index < -0.39 is 0 Å². The summed E-state index contributed by atoms with van der Waals surface area (Å²) >= 11 is 0. The summed E-state index contributed by atoms with van der Waals surface area (Å²) in [6.07, 6.45) is 8.99. The Morgan fingerprint density at radius 2 is 1.39 bits per heavy atom. The molecule has 4 bridgehead atoms. The minimum Gasteiger partial charge on any atom is -0.329 e. The van der Waals surface area contributed by atoms with Crippen molar-refractivity contribution >= 4 is 44.7 Å². The van der Waals surface area contributed by atoms with Gasteiger partial charge in [-0.25, -0.2) is 0 Å². The Bertz CT molecular complexity index is 2170. The lowest BCUT2D eigenvalue weighted by Gasteiger charge is -2.46. The minimum atomic E-state index is -0.361. The molecule has 0 saturated carbocycles. The molecule has 44 heavy (non-hydrogen) atoms. The van der Waals surface area contributed by atoms with Gasteiger partial charge in [-0.05, 0) is 80.7 Å². The van der Waals surface area contributed by atoms with Crippen molar-refractivity contribution in [3.8, 4) is 11.1 Å². The summed E-state index contributed by atoms with van der Waals surface area (Å²) in [7, 11) is 0. The maximum absolute atomic E-state index is 6.80. The fourth-order valence-electron chi connectivity index (χ4n) is 7.93. The highest BCUT2D eigenvalue weighted by atomic mass is 15.1. The number of nitrogens with zero attached hydrogens (tertiary/aromatic N) is 1. The molecule has 214 valence electrons. The predicted molar refractivity (Wildman–Crippen MR) is 188 cm³/mol. The zero-order valence-electron chi connectivity index (χ0n) is 25.5. The van der Waals surface area contributed by atoms with Crippen molar-refractivity contribution in [2.24, 2.45) is 5.73 Å². The van der Waals surface area contributed by atoms with Gasteiger partial charge in [-0.2, -0.15) is 0 Å². The number of benzene rings is 6. The monoisotopic (exact) mass is 568 g/mol. The van der Waals surface area contributed by atoms with Crippen molar-refractivity contribution in [1.82, 2.24) is 0 Å². The molecule has 0 saturated heterocycles. The standard InChI is InChI=1S/C42H36N2/c1-28-13-4-9-21-39(28)44(40-25-29-14-5-6-15-31(29)32-16-7-8-18-35(32)40)30-22-23-38-36(26-30)33-19-12-20-37-34(33)17-10-11-24-42(38,27-43)41(37,2)3/h4-26H,27,43H2,1-3H3/b17-10-,24-11-. The van der Waals surface area contributed by atoms with Gasteiger partial charge in [-0.3, -0.25) is 0 Å². The van der Waals surface area contributed by atoms with E-state index in [1.165, 1.54) is 66.3 Å². The molecule has 0 spiro atoms. The number of hydrogen-bond donors (Lipinski definition) is 1. The van der Waals surface area contributed by atoms with Crippen LogP contribution in [0.1, 0.15) is 36.1 Å². The van der Waals surface area contributed by atoms with Crippen molar-refractivity contribution in [2.75, 3.05) is 11.4 Å². The SMILES string of the molecule is Cc1ccccc1N(c1ccc2c(c1)-c1cccc3c1/C=C\C=C/C2(CN)C3(C)C)c1cc2ccccc2c2ccccc12. The van der Waals surface area contributed by atoms with Gasteiger partial charge in [0.15, 0.2) is 0 Å². The van der Waals surface area contributed by atoms with E-state index >= 15 is 0 Å². The van der Waals surface area contributed by atoms with E-state index in [0.717, 1.165) is 5.69 Å². The third-order valence-corrected chi connectivity index (χ3v) is 10.3. The molecule has 0 fully saturated rings. The zero-order chi connectivity index (χ0) is 30.1. The van der Waals surface area contributed by atoms with E-state index in [1.807, 2.05) is 0 Å². The van der Waals surface area contributed by atoms with Gasteiger partial charge in [0.2, 0.25) is 0 Å². The number of fused-ring (bicyclic) bond motifs is 7. The number of hydrogen-bond acceptors (Lipinski definition) is 2. The number of anilines is 3. The van der Waals surface area contributed by atoms with Crippen molar-refractivity contribution < 1.29 is 0 Å². The van der Waals surface area contributed by atoms with Gasteiger partial charge < -0.3 is 10.6 Å². The highest BCUT2D eigenvalue weighted by Crippen LogP contribution is 2.55. The van der Waals surface area contributed by atoms with Crippen LogP contribution >= 0.6 is 0 Å². The summed E-state index contributed by atoms with van der Waals surface area (Å²) in [5.41, 5.74) is 17.4. The molecule has 1 unspecified atom stereocenters. The summed E-state index contributed by atoms with van der Waals surface area (Å²) in [6, 6.07) is 42.4. The number of para-hydroxylation sites is 1. The number of rotatable bonds is 4. The van der Waals surface area contributed by atoms with Crippen molar-refractivity contribution in [1.29, 1.82) is 0 Å². The van der Waals surface area contributed by atoms with Crippen LogP contribution in [-0.4, -0.2) is 6.54 Å². The predicted octanol–water partition coefficient (Wildman–Crippen LogP) is 10.5. The van der Waals surface area contributed by atoms with Crippen LogP contribution in [0.2, 0.25) is 0 Å². The summed E-state index contributed by atoms with van der Waals surface area (Å²) in [5, 5.41) is 4.99. The summed E-state index contributed by atoms with van der Waals surface area (Å²) in [6.45, 7) is 7.44. The van der Waals surface area contributed by atoms with Gasteiger partial charge in [0.1, 0.15) is 0 Å². The van der Waals surface area contributed by atoms with Crippen molar-refractivity contribution in [2.45, 2.75) is 31.6 Å². The lowest BCUT2D eigenvalue weighted by atomic mass is 9.58. The Hall–Kier alpha value is -4.92. The van der Waals surface area contributed by atoms with Crippen LogP contribution in [-0.2, 0) is 10.8 Å². The Kier molecular flexibility index (Phi) is 5.95. The maximum atomic E-state index is 6.80. The summed E-state index contributed by atoms with van der Waals surface area (Å²) in [4.78, 5) is 2.46. The molecular weight excluding hydrogens is 532 g/mol. The van der Waals surface area contributed by atoms with Gasteiger partial charge in [0.25, 0.3) is 0 Å². The van der Waals surface area contributed by atoms with Gasteiger partial charge in [-0.15, -0.1) is 0 Å². The van der Waals surface area contributed by atoms with Gasteiger partial charge in [0, 0.05) is 34.1 Å². The third-order valence-electron chi connectivity index (χ3n) is 10.3. The molecular formula is C42H36N2. The number of allylic oxidation sites excluding steroid dienone is 2. The highest BCUT2D eigenvalue weighted by molar-refractivity contribution is 6.14. The van der Waals surface area contributed by atoms with Crippen LogP contribution in [0.5, 0.6) is 0 Å². The number of aryl methyl sites for hydroxylation is 1. The molecule has 0 aromatic heterocycles. The fourth-order valence-corrected chi connectivity index (χ4v) is 7.93. The largest absolute Gasteiger partial charge is 0.329 e. The van der Waals surface area contributed by atoms with Crippen molar-refractivity contribution in [3.63, 3.8) is 0 Å². The molecule has 8 rings (SSSR count). The lowest BCUT2D eigenvalue weighted by Crippen LogP contribution is -2.49. The smallest absolute Gasteiger partial charge is 0.0546 e. The molecule has 2 aliphatic rings. The Labute approximate surface area is 259 Å². The molecule has 6 aromatic rings. The van der Waals surface area contributed by atoms with Crippen LogP contribution < -0.4 is 10.6 Å². The maximum Gasteiger partial charge on any atom is 0.0546 e. The van der Waals surface area contributed by atoms with Gasteiger partial charge in [0.05, 0.1) is 5.69 Å².